The third-order valence-electron chi connectivity index (χ3n) is 4.22. The number of hydrogen-bond acceptors (Lipinski definition) is 5. The Morgan fingerprint density at radius 3 is 2.69 bits per heavy atom. The summed E-state index contributed by atoms with van der Waals surface area (Å²) in [5.74, 6) is -0.802. The molecule has 0 saturated heterocycles. The molecule has 3 aromatic rings. The monoisotopic (exact) mass is 353 g/mol. The smallest absolute Gasteiger partial charge is 0.408 e. The first-order valence-electron chi connectivity index (χ1n) is 8.32. The Kier molecular flexibility index (Phi) is 5.26. The first kappa shape index (κ1) is 17.6. The van der Waals surface area contributed by atoms with Gasteiger partial charge in [-0.05, 0) is 42.3 Å². The van der Waals surface area contributed by atoms with Crippen LogP contribution in [0.5, 0.6) is 0 Å². The molecule has 0 fully saturated rings. The van der Waals surface area contributed by atoms with Crippen LogP contribution in [0.4, 0.5) is 0 Å². The number of carbonyl (C=O) groups excluding carboxylic acids is 2. The number of aromatic nitrogens is 2. The molecule has 134 valence electrons. The van der Waals surface area contributed by atoms with Crippen molar-refractivity contribution in [3.8, 4) is 0 Å². The van der Waals surface area contributed by atoms with Gasteiger partial charge in [0.2, 0.25) is 5.91 Å². The number of H-pyrrole nitrogens is 1. The molecule has 1 amide bonds. The summed E-state index contributed by atoms with van der Waals surface area (Å²) in [6.07, 6.45) is 4.43. The minimum absolute atomic E-state index is 0.0818. The van der Waals surface area contributed by atoms with E-state index in [9.17, 15) is 14.4 Å². The van der Waals surface area contributed by atoms with E-state index >= 15 is 0 Å². The lowest BCUT2D eigenvalue weighted by Crippen LogP contribution is -2.29. The fourth-order valence-corrected chi connectivity index (χ4v) is 2.65. The number of ketones is 1. The number of fused-ring (bicyclic) bond motifs is 1. The standard InChI is InChI=1S/C19H19N3O4/c1-22(11-8-13-6-9-20-10-7-13)18(24)5-4-16(23)14-2-3-15-17(12-14)26-19(25)21-15/h2-3,6-7,9-10,12H,4-5,8,11H2,1H3,(H,21,25). The fraction of sp³-hybridized carbons (Fsp3) is 0.263. The van der Waals surface area contributed by atoms with E-state index in [4.69, 9.17) is 4.42 Å². The molecular formula is C19H19N3O4. The molecular weight excluding hydrogens is 334 g/mol. The van der Waals surface area contributed by atoms with Crippen molar-refractivity contribution in [2.24, 2.45) is 0 Å². The van der Waals surface area contributed by atoms with Crippen molar-refractivity contribution in [2.45, 2.75) is 19.3 Å². The molecule has 1 N–H and O–H groups in total. The molecule has 0 aliphatic heterocycles. The number of benzene rings is 1. The molecule has 2 aromatic heterocycles. The highest BCUT2D eigenvalue weighted by Gasteiger charge is 2.14. The van der Waals surface area contributed by atoms with Gasteiger partial charge in [0.15, 0.2) is 11.4 Å². The highest BCUT2D eigenvalue weighted by Crippen LogP contribution is 2.15. The van der Waals surface area contributed by atoms with Crippen molar-refractivity contribution < 1.29 is 14.0 Å². The number of rotatable bonds is 7. The summed E-state index contributed by atoms with van der Waals surface area (Å²) in [7, 11) is 1.73. The van der Waals surface area contributed by atoms with Crippen LogP contribution in [0.2, 0.25) is 0 Å². The third kappa shape index (κ3) is 4.24. The SMILES string of the molecule is CN(CCc1ccncc1)C(=O)CCC(=O)c1ccc2[nH]c(=O)oc2c1. The van der Waals surface area contributed by atoms with Gasteiger partial charge in [0.25, 0.3) is 0 Å². The molecule has 0 aliphatic carbocycles. The Bertz CT molecular complexity index is 975. The van der Waals surface area contributed by atoms with E-state index in [1.807, 2.05) is 12.1 Å². The molecule has 3 rings (SSSR count). The molecule has 0 saturated carbocycles. The van der Waals surface area contributed by atoms with Crippen LogP contribution in [0.3, 0.4) is 0 Å². The second-order valence-electron chi connectivity index (χ2n) is 6.07. The van der Waals surface area contributed by atoms with Crippen LogP contribution < -0.4 is 5.76 Å². The van der Waals surface area contributed by atoms with Gasteiger partial charge in [-0.3, -0.25) is 19.6 Å². The molecule has 26 heavy (non-hydrogen) atoms. The third-order valence-corrected chi connectivity index (χ3v) is 4.22. The van der Waals surface area contributed by atoms with E-state index in [2.05, 4.69) is 9.97 Å². The quantitative estimate of drug-likeness (QED) is 0.657. The summed E-state index contributed by atoms with van der Waals surface area (Å²) in [6.45, 7) is 0.581. The van der Waals surface area contributed by atoms with E-state index in [1.165, 1.54) is 6.07 Å². The highest BCUT2D eigenvalue weighted by atomic mass is 16.4. The van der Waals surface area contributed by atoms with E-state index in [0.29, 0.717) is 23.2 Å². The zero-order valence-electron chi connectivity index (χ0n) is 14.4. The lowest BCUT2D eigenvalue weighted by atomic mass is 10.1. The van der Waals surface area contributed by atoms with Crippen LogP contribution in [0.25, 0.3) is 11.1 Å². The number of Topliss-reactive ketones (excluding diaryl/α,β-unsaturated/α-hetero) is 1. The summed E-state index contributed by atoms with van der Waals surface area (Å²) in [4.78, 5) is 43.8. The van der Waals surface area contributed by atoms with Crippen molar-refractivity contribution in [1.82, 2.24) is 14.9 Å². The zero-order valence-corrected chi connectivity index (χ0v) is 14.4. The second kappa shape index (κ2) is 7.77. The van der Waals surface area contributed by atoms with Crippen molar-refractivity contribution >= 4 is 22.8 Å². The van der Waals surface area contributed by atoms with Gasteiger partial charge in [0.1, 0.15) is 0 Å². The number of nitrogens with zero attached hydrogens (tertiary/aromatic N) is 2. The predicted molar refractivity (Wildman–Crippen MR) is 96.0 cm³/mol. The minimum Gasteiger partial charge on any atom is -0.408 e. The molecule has 0 unspecified atom stereocenters. The summed E-state index contributed by atoms with van der Waals surface area (Å²) in [5.41, 5.74) is 2.41. The number of nitrogens with one attached hydrogen (secondary N) is 1. The van der Waals surface area contributed by atoms with Crippen LogP contribution in [0.15, 0.2) is 51.9 Å². The van der Waals surface area contributed by atoms with Crippen LogP contribution >= 0.6 is 0 Å². The first-order chi connectivity index (χ1) is 12.5. The Labute approximate surface area is 149 Å². The maximum Gasteiger partial charge on any atom is 0.417 e. The molecule has 7 heteroatoms. The number of likely N-dealkylation sites (N-methyl/N-ethyl adjacent to an activating group) is 1. The molecule has 7 nitrogen and oxygen atoms in total. The van der Waals surface area contributed by atoms with Gasteiger partial charge in [-0.15, -0.1) is 0 Å². The van der Waals surface area contributed by atoms with E-state index in [0.717, 1.165) is 12.0 Å². The van der Waals surface area contributed by atoms with E-state index in [1.54, 1.807) is 36.5 Å². The average molecular weight is 353 g/mol. The van der Waals surface area contributed by atoms with Gasteiger partial charge < -0.3 is 9.32 Å². The number of amides is 1. The maximum absolute atomic E-state index is 12.3. The van der Waals surface area contributed by atoms with Crippen LogP contribution in [0.1, 0.15) is 28.8 Å². The summed E-state index contributed by atoms with van der Waals surface area (Å²) in [6, 6.07) is 8.59. The van der Waals surface area contributed by atoms with Crippen molar-refractivity contribution in [2.75, 3.05) is 13.6 Å². The van der Waals surface area contributed by atoms with Crippen LogP contribution in [-0.2, 0) is 11.2 Å². The summed E-state index contributed by atoms with van der Waals surface area (Å²) in [5, 5.41) is 0. The van der Waals surface area contributed by atoms with Crippen LogP contribution in [-0.4, -0.2) is 40.2 Å². The number of hydrogen-bond donors (Lipinski definition) is 1. The molecule has 0 radical (unpaired) electrons. The first-order valence-corrected chi connectivity index (χ1v) is 8.32. The van der Waals surface area contributed by atoms with Gasteiger partial charge >= 0.3 is 5.76 Å². The lowest BCUT2D eigenvalue weighted by molar-refractivity contribution is -0.129. The van der Waals surface area contributed by atoms with Gasteiger partial charge in [-0.1, -0.05) is 0 Å². The van der Waals surface area contributed by atoms with Crippen molar-refractivity contribution in [3.05, 3.63) is 64.4 Å². The Hall–Kier alpha value is -3.22. The molecule has 2 heterocycles. The van der Waals surface area contributed by atoms with Crippen molar-refractivity contribution in [1.29, 1.82) is 0 Å². The molecule has 0 atom stereocenters. The maximum atomic E-state index is 12.3. The second-order valence-corrected chi connectivity index (χ2v) is 6.07. The normalized spacial score (nSPS) is 10.8. The lowest BCUT2D eigenvalue weighted by Gasteiger charge is -2.17. The summed E-state index contributed by atoms with van der Waals surface area (Å²) >= 11 is 0. The van der Waals surface area contributed by atoms with Gasteiger partial charge in [-0.25, -0.2) is 4.79 Å². The topological polar surface area (TPSA) is 96.3 Å². The molecule has 1 aromatic carbocycles. The predicted octanol–water partition coefficient (Wildman–Crippen LogP) is 2.18. The van der Waals surface area contributed by atoms with Gasteiger partial charge in [0, 0.05) is 44.4 Å². The highest BCUT2D eigenvalue weighted by molar-refractivity contribution is 6.00. The number of aromatic amines is 1. The molecule has 0 spiro atoms. The largest absolute Gasteiger partial charge is 0.417 e. The molecule has 0 aliphatic rings. The Morgan fingerprint density at radius 2 is 1.92 bits per heavy atom. The number of pyridine rings is 1. The number of oxazole rings is 1. The minimum atomic E-state index is -0.560. The van der Waals surface area contributed by atoms with Crippen LogP contribution in [0, 0.1) is 0 Å². The van der Waals surface area contributed by atoms with E-state index < -0.39 is 5.76 Å². The Morgan fingerprint density at radius 1 is 1.15 bits per heavy atom. The van der Waals surface area contributed by atoms with E-state index in [-0.39, 0.29) is 24.5 Å². The fourth-order valence-electron chi connectivity index (χ4n) is 2.65. The summed E-state index contributed by atoms with van der Waals surface area (Å²) < 4.78 is 4.95. The molecule has 0 bridgehead atoms. The number of carbonyl (C=O) groups is 2. The zero-order chi connectivity index (χ0) is 18.5. The average Bonchev–Trinajstić information content (AvgIpc) is 3.03. The van der Waals surface area contributed by atoms with Gasteiger partial charge in [0.05, 0.1) is 5.52 Å². The van der Waals surface area contributed by atoms with Crippen molar-refractivity contribution in [3.63, 3.8) is 0 Å². The van der Waals surface area contributed by atoms with Gasteiger partial charge in [-0.2, -0.15) is 0 Å². The Balaban J connectivity index is 1.52.